The monoisotopic (exact) mass is 241 g/mol. The molecule has 100 valence electrons. The predicted molar refractivity (Wildman–Crippen MR) is 70.7 cm³/mol. The Morgan fingerprint density at radius 1 is 1.47 bits per heavy atom. The molecule has 1 heterocycles. The number of hydrogen-bond acceptors (Lipinski definition) is 3. The first-order chi connectivity index (χ1) is 8.08. The number of piperidine rings is 1. The number of likely N-dealkylation sites (tertiary alicyclic amines) is 1. The van der Waals surface area contributed by atoms with Crippen LogP contribution in [0.1, 0.15) is 33.1 Å². The first-order valence-electron chi connectivity index (χ1n) is 6.76. The minimum absolute atomic E-state index is 0.248. The normalized spacial score (nSPS) is 20.2. The molecule has 1 amide bonds. The minimum Gasteiger partial charge on any atom is -0.343 e. The van der Waals surface area contributed by atoms with Crippen molar-refractivity contribution in [1.29, 1.82) is 0 Å². The topological polar surface area (TPSA) is 49.6 Å². The molecule has 2 N–H and O–H groups in total. The van der Waals surface area contributed by atoms with E-state index >= 15 is 0 Å². The van der Waals surface area contributed by atoms with Crippen LogP contribution in [0.4, 0.5) is 0 Å². The lowest BCUT2D eigenvalue weighted by Crippen LogP contribution is -2.45. The molecule has 0 aromatic heterocycles. The van der Waals surface area contributed by atoms with E-state index in [0.717, 1.165) is 32.5 Å². The van der Waals surface area contributed by atoms with Gasteiger partial charge in [0.05, 0.1) is 0 Å². The second-order valence-corrected chi connectivity index (χ2v) is 5.22. The highest BCUT2D eigenvalue weighted by Gasteiger charge is 2.25. The van der Waals surface area contributed by atoms with Crippen LogP contribution in [0.15, 0.2) is 0 Å². The van der Waals surface area contributed by atoms with Crippen LogP contribution in [0.3, 0.4) is 0 Å². The average Bonchev–Trinajstić information content (AvgIpc) is 2.37. The Labute approximate surface area is 105 Å². The van der Waals surface area contributed by atoms with E-state index in [-0.39, 0.29) is 5.91 Å². The third-order valence-corrected chi connectivity index (χ3v) is 3.87. The second-order valence-electron chi connectivity index (χ2n) is 5.22. The van der Waals surface area contributed by atoms with Gasteiger partial charge >= 0.3 is 0 Å². The van der Waals surface area contributed by atoms with Crippen molar-refractivity contribution in [2.45, 2.75) is 39.2 Å². The van der Waals surface area contributed by atoms with Crippen LogP contribution >= 0.6 is 0 Å². The Hall–Kier alpha value is -0.610. The van der Waals surface area contributed by atoms with Crippen molar-refractivity contribution >= 4 is 5.91 Å². The van der Waals surface area contributed by atoms with Gasteiger partial charge in [0.1, 0.15) is 0 Å². The zero-order valence-corrected chi connectivity index (χ0v) is 11.5. The molecule has 0 spiro atoms. The molecule has 1 atom stereocenters. The average molecular weight is 241 g/mol. The van der Waals surface area contributed by atoms with E-state index in [1.165, 1.54) is 0 Å². The first-order valence-corrected chi connectivity index (χ1v) is 6.76. The summed E-state index contributed by atoms with van der Waals surface area (Å²) in [5.74, 6) is 0.540. The van der Waals surface area contributed by atoms with Gasteiger partial charge in [-0.1, -0.05) is 13.8 Å². The van der Waals surface area contributed by atoms with Gasteiger partial charge in [-0.25, -0.2) is 0 Å². The van der Waals surface area contributed by atoms with Crippen molar-refractivity contribution in [2.24, 2.45) is 11.7 Å². The van der Waals surface area contributed by atoms with Gasteiger partial charge in [-0.2, -0.15) is 0 Å². The molecule has 0 aliphatic carbocycles. The molecular formula is C13H27N3O. The summed E-state index contributed by atoms with van der Waals surface area (Å²) in [4.78, 5) is 16.4. The summed E-state index contributed by atoms with van der Waals surface area (Å²) in [6.07, 6.45) is 2.79. The SMILES string of the molecule is CCN1CCC(N(C)C(=O)CC(C)CN)CC1. The number of nitrogens with two attached hydrogens (primary N) is 1. The van der Waals surface area contributed by atoms with E-state index in [2.05, 4.69) is 11.8 Å². The van der Waals surface area contributed by atoms with E-state index in [0.29, 0.717) is 24.9 Å². The van der Waals surface area contributed by atoms with Crippen molar-refractivity contribution in [3.8, 4) is 0 Å². The van der Waals surface area contributed by atoms with Crippen molar-refractivity contribution in [1.82, 2.24) is 9.80 Å². The summed E-state index contributed by atoms with van der Waals surface area (Å²) in [5, 5.41) is 0. The van der Waals surface area contributed by atoms with Crippen LogP contribution < -0.4 is 5.73 Å². The maximum Gasteiger partial charge on any atom is 0.222 e. The maximum atomic E-state index is 12.0. The third kappa shape index (κ3) is 4.28. The fourth-order valence-electron chi connectivity index (χ4n) is 2.35. The standard InChI is InChI=1S/C13H27N3O/c1-4-16-7-5-12(6-8-16)15(3)13(17)9-11(2)10-14/h11-12H,4-10,14H2,1-3H3. The highest BCUT2D eigenvalue weighted by Crippen LogP contribution is 2.16. The first kappa shape index (κ1) is 14.5. The summed E-state index contributed by atoms with van der Waals surface area (Å²) < 4.78 is 0. The zero-order chi connectivity index (χ0) is 12.8. The Kier molecular flexibility index (Phi) is 5.92. The van der Waals surface area contributed by atoms with E-state index in [4.69, 9.17) is 5.73 Å². The van der Waals surface area contributed by atoms with Crippen molar-refractivity contribution in [2.75, 3.05) is 33.2 Å². The fourth-order valence-corrected chi connectivity index (χ4v) is 2.35. The Balaban J connectivity index is 2.37. The number of carbonyl (C=O) groups is 1. The van der Waals surface area contributed by atoms with Crippen LogP contribution in [0, 0.1) is 5.92 Å². The minimum atomic E-state index is 0.248. The molecule has 0 saturated carbocycles. The number of carbonyl (C=O) groups excluding carboxylic acids is 1. The van der Waals surface area contributed by atoms with Crippen molar-refractivity contribution < 1.29 is 4.79 Å². The second kappa shape index (κ2) is 6.97. The molecule has 17 heavy (non-hydrogen) atoms. The van der Waals surface area contributed by atoms with Crippen LogP contribution in [0.5, 0.6) is 0 Å². The summed E-state index contributed by atoms with van der Waals surface area (Å²) in [6, 6.07) is 0.426. The number of hydrogen-bond donors (Lipinski definition) is 1. The molecule has 1 aliphatic heterocycles. The van der Waals surface area contributed by atoms with Crippen LogP contribution in [-0.4, -0.2) is 55.0 Å². The Morgan fingerprint density at radius 2 is 2.06 bits per heavy atom. The number of rotatable bonds is 5. The molecular weight excluding hydrogens is 214 g/mol. The molecule has 1 fully saturated rings. The Bertz CT molecular complexity index is 237. The third-order valence-electron chi connectivity index (χ3n) is 3.87. The highest BCUT2D eigenvalue weighted by molar-refractivity contribution is 5.76. The summed E-state index contributed by atoms with van der Waals surface area (Å²) >= 11 is 0. The summed E-state index contributed by atoms with van der Waals surface area (Å²) in [6.45, 7) is 8.17. The number of nitrogens with zero attached hydrogens (tertiary/aromatic N) is 2. The fraction of sp³-hybridized carbons (Fsp3) is 0.923. The molecule has 1 unspecified atom stereocenters. The van der Waals surface area contributed by atoms with Crippen molar-refractivity contribution in [3.05, 3.63) is 0 Å². The van der Waals surface area contributed by atoms with Gasteiger partial charge in [-0.3, -0.25) is 4.79 Å². The molecule has 0 radical (unpaired) electrons. The molecule has 0 bridgehead atoms. The van der Waals surface area contributed by atoms with Crippen LogP contribution in [-0.2, 0) is 4.79 Å². The highest BCUT2D eigenvalue weighted by atomic mass is 16.2. The van der Waals surface area contributed by atoms with Gasteiger partial charge < -0.3 is 15.5 Å². The van der Waals surface area contributed by atoms with Gasteiger partial charge in [-0.05, 0) is 31.8 Å². The van der Waals surface area contributed by atoms with E-state index in [9.17, 15) is 4.79 Å². The van der Waals surface area contributed by atoms with Crippen LogP contribution in [0.25, 0.3) is 0 Å². The molecule has 1 saturated heterocycles. The molecule has 0 aromatic rings. The molecule has 0 aromatic carbocycles. The lowest BCUT2D eigenvalue weighted by atomic mass is 10.0. The summed E-state index contributed by atoms with van der Waals surface area (Å²) in [5.41, 5.74) is 5.56. The largest absolute Gasteiger partial charge is 0.343 e. The van der Waals surface area contributed by atoms with E-state index in [1.807, 2.05) is 18.9 Å². The molecule has 1 aliphatic rings. The van der Waals surface area contributed by atoms with Gasteiger partial charge in [0.2, 0.25) is 5.91 Å². The van der Waals surface area contributed by atoms with Gasteiger partial charge in [0, 0.05) is 32.6 Å². The maximum absolute atomic E-state index is 12.0. The van der Waals surface area contributed by atoms with E-state index in [1.54, 1.807) is 0 Å². The zero-order valence-electron chi connectivity index (χ0n) is 11.5. The predicted octanol–water partition coefficient (Wildman–Crippen LogP) is 0.914. The van der Waals surface area contributed by atoms with E-state index < -0.39 is 0 Å². The molecule has 4 nitrogen and oxygen atoms in total. The lowest BCUT2D eigenvalue weighted by molar-refractivity contribution is -0.133. The van der Waals surface area contributed by atoms with Crippen LogP contribution in [0.2, 0.25) is 0 Å². The number of amides is 1. The lowest BCUT2D eigenvalue weighted by Gasteiger charge is -2.36. The molecule has 1 rings (SSSR count). The Morgan fingerprint density at radius 3 is 2.53 bits per heavy atom. The van der Waals surface area contributed by atoms with Crippen molar-refractivity contribution in [3.63, 3.8) is 0 Å². The quantitative estimate of drug-likeness (QED) is 0.778. The van der Waals surface area contributed by atoms with Gasteiger partial charge in [0.15, 0.2) is 0 Å². The smallest absolute Gasteiger partial charge is 0.222 e. The summed E-state index contributed by atoms with van der Waals surface area (Å²) in [7, 11) is 1.94. The molecule has 4 heteroatoms. The van der Waals surface area contributed by atoms with Gasteiger partial charge in [0.25, 0.3) is 0 Å². The van der Waals surface area contributed by atoms with Gasteiger partial charge in [-0.15, -0.1) is 0 Å².